The summed E-state index contributed by atoms with van der Waals surface area (Å²) in [5, 5.41) is 8.85. The first-order chi connectivity index (χ1) is 8.25. The molecule has 0 spiro atoms. The molecule has 0 unspecified atom stereocenters. The SMILES string of the molecule is O=C(O)C[C@@H]1CCCN1CCc1ccccc1. The average molecular weight is 233 g/mol. The van der Waals surface area contributed by atoms with E-state index in [0.29, 0.717) is 0 Å². The summed E-state index contributed by atoms with van der Waals surface area (Å²) in [5.74, 6) is -0.679. The molecule has 17 heavy (non-hydrogen) atoms. The first-order valence-corrected chi connectivity index (χ1v) is 6.25. The molecule has 2 rings (SSSR count). The highest BCUT2D eigenvalue weighted by molar-refractivity contribution is 5.67. The van der Waals surface area contributed by atoms with Gasteiger partial charge in [0.1, 0.15) is 0 Å². The molecule has 1 fully saturated rings. The van der Waals surface area contributed by atoms with E-state index in [1.807, 2.05) is 18.2 Å². The summed E-state index contributed by atoms with van der Waals surface area (Å²) in [5.41, 5.74) is 1.33. The van der Waals surface area contributed by atoms with Crippen molar-refractivity contribution in [3.05, 3.63) is 35.9 Å². The minimum Gasteiger partial charge on any atom is -0.481 e. The Morgan fingerprint density at radius 1 is 1.35 bits per heavy atom. The number of carboxylic acids is 1. The summed E-state index contributed by atoms with van der Waals surface area (Å²) in [6, 6.07) is 10.6. The molecule has 0 radical (unpaired) electrons. The van der Waals surface area contributed by atoms with Crippen molar-refractivity contribution in [1.82, 2.24) is 4.90 Å². The summed E-state index contributed by atoms with van der Waals surface area (Å²) in [6.45, 7) is 2.02. The van der Waals surface area contributed by atoms with Crippen LogP contribution in [0.2, 0.25) is 0 Å². The fourth-order valence-corrected chi connectivity index (χ4v) is 2.54. The number of benzene rings is 1. The number of hydrogen-bond acceptors (Lipinski definition) is 2. The number of nitrogens with zero attached hydrogens (tertiary/aromatic N) is 1. The van der Waals surface area contributed by atoms with Crippen molar-refractivity contribution >= 4 is 5.97 Å². The summed E-state index contributed by atoms with van der Waals surface area (Å²) in [7, 11) is 0. The van der Waals surface area contributed by atoms with Gasteiger partial charge >= 0.3 is 5.97 Å². The van der Waals surface area contributed by atoms with Crippen LogP contribution < -0.4 is 0 Å². The maximum absolute atomic E-state index is 10.7. The molecule has 0 amide bonds. The third kappa shape index (κ3) is 3.56. The summed E-state index contributed by atoms with van der Waals surface area (Å²) in [6.07, 6.45) is 3.46. The molecule has 1 N–H and O–H groups in total. The quantitative estimate of drug-likeness (QED) is 0.847. The second-order valence-electron chi connectivity index (χ2n) is 4.67. The average Bonchev–Trinajstić information content (AvgIpc) is 2.74. The van der Waals surface area contributed by atoms with Crippen LogP contribution in [-0.2, 0) is 11.2 Å². The predicted molar refractivity (Wildman–Crippen MR) is 67.0 cm³/mol. The van der Waals surface area contributed by atoms with Crippen LogP contribution in [0.1, 0.15) is 24.8 Å². The van der Waals surface area contributed by atoms with Crippen LogP contribution in [0.3, 0.4) is 0 Å². The van der Waals surface area contributed by atoms with Crippen molar-refractivity contribution in [2.24, 2.45) is 0 Å². The number of hydrogen-bond donors (Lipinski definition) is 1. The summed E-state index contributed by atoms with van der Waals surface area (Å²) in [4.78, 5) is 13.1. The monoisotopic (exact) mass is 233 g/mol. The zero-order chi connectivity index (χ0) is 12.1. The van der Waals surface area contributed by atoms with Gasteiger partial charge < -0.3 is 5.11 Å². The molecule has 1 aromatic rings. The molecule has 0 saturated carbocycles. The molecular weight excluding hydrogens is 214 g/mol. The van der Waals surface area contributed by atoms with Crippen molar-refractivity contribution < 1.29 is 9.90 Å². The fourth-order valence-electron chi connectivity index (χ4n) is 2.54. The number of likely N-dealkylation sites (tertiary alicyclic amines) is 1. The van der Waals surface area contributed by atoms with Crippen LogP contribution in [0.4, 0.5) is 0 Å². The van der Waals surface area contributed by atoms with Crippen molar-refractivity contribution in [3.8, 4) is 0 Å². The molecule has 1 aliphatic rings. The normalized spacial score (nSPS) is 20.6. The van der Waals surface area contributed by atoms with Crippen LogP contribution in [0, 0.1) is 0 Å². The number of carboxylic acid groups (broad SMARTS) is 1. The van der Waals surface area contributed by atoms with Gasteiger partial charge in [0.05, 0.1) is 6.42 Å². The van der Waals surface area contributed by atoms with E-state index >= 15 is 0 Å². The Balaban J connectivity index is 1.84. The van der Waals surface area contributed by atoms with Crippen LogP contribution in [-0.4, -0.2) is 35.1 Å². The molecule has 1 aliphatic heterocycles. The van der Waals surface area contributed by atoms with E-state index in [2.05, 4.69) is 17.0 Å². The highest BCUT2D eigenvalue weighted by Gasteiger charge is 2.25. The Bertz CT molecular complexity index is 364. The molecule has 0 bridgehead atoms. The maximum atomic E-state index is 10.7. The number of rotatable bonds is 5. The topological polar surface area (TPSA) is 40.5 Å². The summed E-state index contributed by atoms with van der Waals surface area (Å²) >= 11 is 0. The van der Waals surface area contributed by atoms with E-state index in [4.69, 9.17) is 5.11 Å². The van der Waals surface area contributed by atoms with E-state index in [0.717, 1.165) is 32.4 Å². The van der Waals surface area contributed by atoms with Gasteiger partial charge in [0, 0.05) is 12.6 Å². The first kappa shape index (κ1) is 12.1. The molecule has 0 aromatic heterocycles. The Morgan fingerprint density at radius 3 is 2.82 bits per heavy atom. The van der Waals surface area contributed by atoms with Crippen molar-refractivity contribution in [2.45, 2.75) is 31.7 Å². The van der Waals surface area contributed by atoms with Gasteiger partial charge in [-0.25, -0.2) is 0 Å². The largest absolute Gasteiger partial charge is 0.481 e. The van der Waals surface area contributed by atoms with E-state index in [-0.39, 0.29) is 12.5 Å². The standard InChI is InChI=1S/C14H19NO2/c16-14(17)11-13-7-4-9-15(13)10-8-12-5-2-1-3-6-12/h1-3,5-6,13H,4,7-11H2,(H,16,17)/t13-/m0/s1. The Morgan fingerprint density at radius 2 is 2.12 bits per heavy atom. The molecule has 1 heterocycles. The zero-order valence-corrected chi connectivity index (χ0v) is 10.0. The minimum atomic E-state index is -0.679. The van der Waals surface area contributed by atoms with E-state index in [1.54, 1.807) is 0 Å². The molecule has 3 nitrogen and oxygen atoms in total. The molecular formula is C14H19NO2. The van der Waals surface area contributed by atoms with Crippen molar-refractivity contribution in [3.63, 3.8) is 0 Å². The lowest BCUT2D eigenvalue weighted by atomic mass is 10.1. The van der Waals surface area contributed by atoms with E-state index < -0.39 is 5.97 Å². The van der Waals surface area contributed by atoms with Gasteiger partial charge in [-0.1, -0.05) is 30.3 Å². The lowest BCUT2D eigenvalue weighted by Gasteiger charge is -2.22. The van der Waals surface area contributed by atoms with Gasteiger partial charge in [-0.05, 0) is 31.4 Å². The minimum absolute atomic E-state index is 0.246. The molecule has 1 aromatic carbocycles. The second-order valence-corrected chi connectivity index (χ2v) is 4.67. The van der Waals surface area contributed by atoms with Crippen LogP contribution in [0.15, 0.2) is 30.3 Å². The molecule has 1 atom stereocenters. The Kier molecular flexibility index (Phi) is 4.15. The smallest absolute Gasteiger partial charge is 0.304 e. The number of carbonyl (C=O) groups is 1. The molecule has 1 saturated heterocycles. The van der Waals surface area contributed by atoms with E-state index in [9.17, 15) is 4.79 Å². The van der Waals surface area contributed by atoms with Gasteiger partial charge in [-0.15, -0.1) is 0 Å². The maximum Gasteiger partial charge on any atom is 0.304 e. The first-order valence-electron chi connectivity index (χ1n) is 6.25. The van der Waals surface area contributed by atoms with Gasteiger partial charge in [0.15, 0.2) is 0 Å². The highest BCUT2D eigenvalue weighted by atomic mass is 16.4. The number of aliphatic carboxylic acids is 1. The van der Waals surface area contributed by atoms with Crippen molar-refractivity contribution in [1.29, 1.82) is 0 Å². The van der Waals surface area contributed by atoms with E-state index in [1.165, 1.54) is 5.56 Å². The Hall–Kier alpha value is -1.35. The predicted octanol–water partition coefficient (Wildman–Crippen LogP) is 2.17. The zero-order valence-electron chi connectivity index (χ0n) is 10.0. The Labute approximate surface area is 102 Å². The third-order valence-electron chi connectivity index (χ3n) is 3.44. The van der Waals surface area contributed by atoms with Gasteiger partial charge in [0.25, 0.3) is 0 Å². The van der Waals surface area contributed by atoms with Crippen LogP contribution in [0.25, 0.3) is 0 Å². The van der Waals surface area contributed by atoms with Crippen molar-refractivity contribution in [2.75, 3.05) is 13.1 Å². The van der Waals surface area contributed by atoms with Gasteiger partial charge in [0.2, 0.25) is 0 Å². The molecule has 0 aliphatic carbocycles. The van der Waals surface area contributed by atoms with Gasteiger partial charge in [-0.2, -0.15) is 0 Å². The highest BCUT2D eigenvalue weighted by Crippen LogP contribution is 2.20. The summed E-state index contributed by atoms with van der Waals surface area (Å²) < 4.78 is 0. The fraction of sp³-hybridized carbons (Fsp3) is 0.500. The lowest BCUT2D eigenvalue weighted by Crippen LogP contribution is -2.33. The van der Waals surface area contributed by atoms with Gasteiger partial charge in [-0.3, -0.25) is 9.69 Å². The molecule has 3 heteroatoms. The van der Waals surface area contributed by atoms with Crippen LogP contribution in [0.5, 0.6) is 0 Å². The van der Waals surface area contributed by atoms with Crippen LogP contribution >= 0.6 is 0 Å². The third-order valence-corrected chi connectivity index (χ3v) is 3.44. The molecule has 92 valence electrons. The lowest BCUT2D eigenvalue weighted by molar-refractivity contribution is -0.138. The second kappa shape index (κ2) is 5.82.